The van der Waals surface area contributed by atoms with Gasteiger partial charge in [-0.25, -0.2) is 0 Å². The predicted octanol–water partition coefficient (Wildman–Crippen LogP) is 3.09. The van der Waals surface area contributed by atoms with Crippen LogP contribution >= 0.6 is 0 Å². The number of piperidine rings is 1. The Hall–Kier alpha value is -1.98. The fourth-order valence-electron chi connectivity index (χ4n) is 3.24. The molecule has 1 aliphatic heterocycles. The Balaban J connectivity index is 1.70. The molecule has 0 radical (unpaired) electrons. The lowest BCUT2D eigenvalue weighted by Gasteiger charge is -2.38. The largest absolute Gasteiger partial charge is 0.497 e. The van der Waals surface area contributed by atoms with Gasteiger partial charge < -0.3 is 19.0 Å². The van der Waals surface area contributed by atoms with Gasteiger partial charge in [0.15, 0.2) is 0 Å². The summed E-state index contributed by atoms with van der Waals surface area (Å²) in [4.78, 5) is 2.31. The molecule has 1 aromatic carbocycles. The molecule has 1 saturated heterocycles. The maximum Gasteiger partial charge on any atom is 0.122 e. The van der Waals surface area contributed by atoms with Gasteiger partial charge in [0.25, 0.3) is 0 Å². The van der Waals surface area contributed by atoms with E-state index in [2.05, 4.69) is 4.90 Å². The summed E-state index contributed by atoms with van der Waals surface area (Å²) in [6.45, 7) is 4.37. The first kappa shape index (κ1) is 16.9. The molecule has 1 fully saturated rings. The van der Waals surface area contributed by atoms with E-state index in [0.29, 0.717) is 24.3 Å². The SMILES string of the molecule is COc1cc(OC)cc(C2(O)CCN(Cc3ccc(C)o3)CC2)c1. The van der Waals surface area contributed by atoms with Crippen molar-refractivity contribution in [1.29, 1.82) is 0 Å². The summed E-state index contributed by atoms with van der Waals surface area (Å²) < 4.78 is 16.3. The molecule has 0 bridgehead atoms. The third-order valence-corrected chi connectivity index (χ3v) is 4.75. The summed E-state index contributed by atoms with van der Waals surface area (Å²) in [5, 5.41) is 11.1. The maximum absolute atomic E-state index is 11.1. The second-order valence-corrected chi connectivity index (χ2v) is 6.42. The molecule has 0 spiro atoms. The van der Waals surface area contributed by atoms with Crippen molar-refractivity contribution in [3.05, 3.63) is 47.4 Å². The van der Waals surface area contributed by atoms with Crippen LogP contribution in [-0.2, 0) is 12.1 Å². The number of nitrogens with zero attached hydrogens (tertiary/aromatic N) is 1. The number of ether oxygens (including phenoxy) is 2. The zero-order valence-corrected chi connectivity index (χ0v) is 14.5. The topological polar surface area (TPSA) is 55.1 Å². The normalized spacial score (nSPS) is 17.7. The first-order valence-electron chi connectivity index (χ1n) is 8.26. The second kappa shape index (κ2) is 6.87. The standard InChI is InChI=1S/C19H25NO4/c1-14-4-5-16(24-14)13-20-8-6-19(21,7-9-20)15-10-17(22-2)12-18(11-15)23-3/h4-5,10-12,21H,6-9,13H2,1-3H3. The molecule has 2 aromatic rings. The van der Waals surface area contributed by atoms with E-state index < -0.39 is 5.60 Å². The van der Waals surface area contributed by atoms with Crippen LogP contribution in [0.1, 0.15) is 29.9 Å². The van der Waals surface area contributed by atoms with E-state index in [0.717, 1.165) is 36.7 Å². The van der Waals surface area contributed by atoms with Crippen LogP contribution in [-0.4, -0.2) is 37.3 Å². The summed E-state index contributed by atoms with van der Waals surface area (Å²) in [6.07, 6.45) is 1.34. The maximum atomic E-state index is 11.1. The Labute approximate surface area is 142 Å². The van der Waals surface area contributed by atoms with Crippen LogP contribution < -0.4 is 9.47 Å². The summed E-state index contributed by atoms with van der Waals surface area (Å²) >= 11 is 0. The zero-order chi connectivity index (χ0) is 17.2. The van der Waals surface area contributed by atoms with Gasteiger partial charge in [-0.15, -0.1) is 0 Å². The summed E-state index contributed by atoms with van der Waals surface area (Å²) in [7, 11) is 3.24. The fraction of sp³-hybridized carbons (Fsp3) is 0.474. The summed E-state index contributed by atoms with van der Waals surface area (Å²) in [5.41, 5.74) is 0.00408. The van der Waals surface area contributed by atoms with Crippen LogP contribution in [0.5, 0.6) is 11.5 Å². The van der Waals surface area contributed by atoms with Gasteiger partial charge in [-0.2, -0.15) is 0 Å². The van der Waals surface area contributed by atoms with Crippen molar-refractivity contribution < 1.29 is 19.0 Å². The van der Waals surface area contributed by atoms with Gasteiger partial charge in [0, 0.05) is 19.2 Å². The van der Waals surface area contributed by atoms with Gasteiger partial charge in [0.1, 0.15) is 23.0 Å². The van der Waals surface area contributed by atoms with Gasteiger partial charge in [0.05, 0.1) is 26.4 Å². The Bertz CT molecular complexity index is 664. The lowest BCUT2D eigenvalue weighted by Crippen LogP contribution is -2.42. The van der Waals surface area contributed by atoms with Crippen molar-refractivity contribution >= 4 is 0 Å². The molecule has 1 aromatic heterocycles. The van der Waals surface area contributed by atoms with Crippen molar-refractivity contribution in [2.75, 3.05) is 27.3 Å². The summed E-state index contributed by atoms with van der Waals surface area (Å²) in [5.74, 6) is 3.31. The van der Waals surface area contributed by atoms with E-state index >= 15 is 0 Å². The van der Waals surface area contributed by atoms with Gasteiger partial charge in [-0.1, -0.05) is 0 Å². The van der Waals surface area contributed by atoms with Crippen molar-refractivity contribution in [2.45, 2.75) is 31.9 Å². The Morgan fingerprint density at radius 1 is 1.08 bits per heavy atom. The minimum Gasteiger partial charge on any atom is -0.497 e. The van der Waals surface area contributed by atoms with Crippen molar-refractivity contribution in [1.82, 2.24) is 4.90 Å². The summed E-state index contributed by atoms with van der Waals surface area (Å²) in [6, 6.07) is 9.62. The third-order valence-electron chi connectivity index (χ3n) is 4.75. The molecular formula is C19H25NO4. The molecule has 3 rings (SSSR count). The molecule has 1 N–H and O–H groups in total. The first-order chi connectivity index (χ1) is 11.5. The van der Waals surface area contributed by atoms with E-state index in [1.165, 1.54) is 0 Å². The smallest absolute Gasteiger partial charge is 0.122 e. The lowest BCUT2D eigenvalue weighted by molar-refractivity contribution is -0.0292. The van der Waals surface area contributed by atoms with Crippen LogP contribution in [0.3, 0.4) is 0 Å². The van der Waals surface area contributed by atoms with E-state index in [1.54, 1.807) is 14.2 Å². The Morgan fingerprint density at radius 2 is 1.71 bits per heavy atom. The van der Waals surface area contributed by atoms with Crippen LogP contribution in [0, 0.1) is 6.92 Å². The highest BCUT2D eigenvalue weighted by Gasteiger charge is 2.35. The first-order valence-corrected chi connectivity index (χ1v) is 8.26. The number of hydrogen-bond donors (Lipinski definition) is 1. The van der Waals surface area contributed by atoms with Crippen LogP contribution in [0.4, 0.5) is 0 Å². The molecular weight excluding hydrogens is 306 g/mol. The van der Waals surface area contributed by atoms with Gasteiger partial charge in [-0.3, -0.25) is 4.90 Å². The number of hydrogen-bond acceptors (Lipinski definition) is 5. The van der Waals surface area contributed by atoms with Crippen molar-refractivity contribution in [3.63, 3.8) is 0 Å². The van der Waals surface area contributed by atoms with Gasteiger partial charge in [0.2, 0.25) is 0 Å². The highest BCUT2D eigenvalue weighted by Crippen LogP contribution is 2.37. The molecule has 0 amide bonds. The van der Waals surface area contributed by atoms with Crippen LogP contribution in [0.2, 0.25) is 0 Å². The lowest BCUT2D eigenvalue weighted by atomic mass is 9.84. The molecule has 0 atom stereocenters. The molecule has 5 heteroatoms. The van der Waals surface area contributed by atoms with Gasteiger partial charge in [-0.05, 0) is 49.6 Å². The van der Waals surface area contributed by atoms with Crippen LogP contribution in [0.15, 0.2) is 34.7 Å². The van der Waals surface area contributed by atoms with E-state index in [4.69, 9.17) is 13.9 Å². The van der Waals surface area contributed by atoms with E-state index in [9.17, 15) is 5.11 Å². The number of likely N-dealkylation sites (tertiary alicyclic amines) is 1. The Kier molecular flexibility index (Phi) is 4.83. The molecule has 2 heterocycles. The molecule has 5 nitrogen and oxygen atoms in total. The molecule has 0 aliphatic carbocycles. The minimum atomic E-state index is -0.850. The number of furan rings is 1. The molecule has 0 saturated carbocycles. The van der Waals surface area contributed by atoms with Crippen molar-refractivity contribution in [3.8, 4) is 11.5 Å². The number of aliphatic hydroxyl groups is 1. The predicted molar refractivity (Wildman–Crippen MR) is 91.4 cm³/mol. The monoisotopic (exact) mass is 331 g/mol. The number of rotatable bonds is 5. The van der Waals surface area contributed by atoms with Gasteiger partial charge >= 0.3 is 0 Å². The van der Waals surface area contributed by atoms with E-state index in [1.807, 2.05) is 37.3 Å². The van der Waals surface area contributed by atoms with E-state index in [-0.39, 0.29) is 0 Å². The van der Waals surface area contributed by atoms with Crippen molar-refractivity contribution in [2.24, 2.45) is 0 Å². The fourth-order valence-corrected chi connectivity index (χ4v) is 3.24. The molecule has 130 valence electrons. The number of benzene rings is 1. The number of aryl methyl sites for hydroxylation is 1. The highest BCUT2D eigenvalue weighted by atomic mass is 16.5. The second-order valence-electron chi connectivity index (χ2n) is 6.42. The Morgan fingerprint density at radius 3 is 2.21 bits per heavy atom. The average molecular weight is 331 g/mol. The average Bonchev–Trinajstić information content (AvgIpc) is 3.01. The molecule has 24 heavy (non-hydrogen) atoms. The quantitative estimate of drug-likeness (QED) is 0.912. The zero-order valence-electron chi connectivity index (χ0n) is 14.5. The third kappa shape index (κ3) is 3.57. The van der Waals surface area contributed by atoms with Crippen LogP contribution in [0.25, 0.3) is 0 Å². The number of methoxy groups -OCH3 is 2. The highest BCUT2D eigenvalue weighted by molar-refractivity contribution is 5.41. The minimum absolute atomic E-state index is 0.670. The molecule has 1 aliphatic rings. The molecule has 0 unspecified atom stereocenters.